The quantitative estimate of drug-likeness (QED) is 0.938. The first-order chi connectivity index (χ1) is 10.1. The zero-order chi connectivity index (χ0) is 15.0. The summed E-state index contributed by atoms with van der Waals surface area (Å²) in [6, 6.07) is 6.89. The van der Waals surface area contributed by atoms with E-state index in [9.17, 15) is 0 Å². The molecule has 1 aliphatic heterocycles. The fourth-order valence-electron chi connectivity index (χ4n) is 3.16. The van der Waals surface area contributed by atoms with Crippen molar-refractivity contribution in [1.82, 2.24) is 15.1 Å². The highest BCUT2D eigenvalue weighted by atomic mass is 16.5. The van der Waals surface area contributed by atoms with Crippen molar-refractivity contribution in [2.75, 3.05) is 13.7 Å². The van der Waals surface area contributed by atoms with E-state index in [0.717, 1.165) is 36.7 Å². The number of nitrogens with one attached hydrogen (secondary N) is 1. The van der Waals surface area contributed by atoms with Gasteiger partial charge in [-0.2, -0.15) is 5.10 Å². The molecule has 3 rings (SSSR count). The summed E-state index contributed by atoms with van der Waals surface area (Å²) in [7, 11) is 2.17. The Hall–Kier alpha value is -1.81. The molecule has 0 saturated heterocycles. The van der Waals surface area contributed by atoms with Crippen LogP contribution < -0.4 is 4.74 Å². The first kappa shape index (κ1) is 14.1. The normalized spacial score (nSPS) is 15.1. The first-order valence-corrected chi connectivity index (χ1v) is 7.52. The van der Waals surface area contributed by atoms with Crippen LogP contribution in [0.3, 0.4) is 0 Å². The lowest BCUT2D eigenvalue weighted by molar-refractivity contribution is 0.251. The van der Waals surface area contributed by atoms with E-state index in [1.807, 2.05) is 0 Å². The minimum Gasteiger partial charge on any atom is -0.493 e. The van der Waals surface area contributed by atoms with E-state index < -0.39 is 0 Å². The Labute approximate surface area is 126 Å². The number of fused-ring (bicyclic) bond motifs is 1. The van der Waals surface area contributed by atoms with Crippen molar-refractivity contribution in [2.24, 2.45) is 0 Å². The Morgan fingerprint density at radius 2 is 2.19 bits per heavy atom. The zero-order valence-corrected chi connectivity index (χ0v) is 13.2. The van der Waals surface area contributed by atoms with Crippen molar-refractivity contribution in [1.29, 1.82) is 0 Å². The van der Waals surface area contributed by atoms with Gasteiger partial charge in [0.25, 0.3) is 0 Å². The molecule has 0 fully saturated rings. The largest absolute Gasteiger partial charge is 0.493 e. The van der Waals surface area contributed by atoms with E-state index >= 15 is 0 Å². The molecule has 0 saturated carbocycles. The van der Waals surface area contributed by atoms with Crippen LogP contribution >= 0.6 is 0 Å². The van der Waals surface area contributed by atoms with Gasteiger partial charge in [-0.25, -0.2) is 0 Å². The van der Waals surface area contributed by atoms with Gasteiger partial charge in [-0.3, -0.25) is 10.00 Å². The van der Waals surface area contributed by atoms with Gasteiger partial charge in [0, 0.05) is 30.3 Å². The Morgan fingerprint density at radius 3 is 2.90 bits per heavy atom. The van der Waals surface area contributed by atoms with E-state index in [-0.39, 0.29) is 0 Å². The molecule has 1 aliphatic rings. The summed E-state index contributed by atoms with van der Waals surface area (Å²) in [6.07, 6.45) is 1.03. The van der Waals surface area contributed by atoms with Crippen molar-refractivity contribution in [3.05, 3.63) is 46.3 Å². The molecular formula is C17H23N3O. The van der Waals surface area contributed by atoms with Crippen LogP contribution in [0.15, 0.2) is 18.2 Å². The van der Waals surface area contributed by atoms with Gasteiger partial charge in [0.1, 0.15) is 5.75 Å². The number of aryl methyl sites for hydroxylation is 2. The van der Waals surface area contributed by atoms with Crippen molar-refractivity contribution in [3.8, 4) is 5.75 Å². The van der Waals surface area contributed by atoms with Gasteiger partial charge < -0.3 is 4.74 Å². The topological polar surface area (TPSA) is 41.2 Å². The maximum Gasteiger partial charge on any atom is 0.122 e. The zero-order valence-electron chi connectivity index (χ0n) is 13.2. The smallest absolute Gasteiger partial charge is 0.122 e. The van der Waals surface area contributed by atoms with Gasteiger partial charge in [0.05, 0.1) is 12.3 Å². The summed E-state index contributed by atoms with van der Waals surface area (Å²) in [5.74, 6) is 1.05. The minimum absolute atomic E-state index is 0.341. The summed E-state index contributed by atoms with van der Waals surface area (Å²) in [5.41, 5.74) is 6.24. The fraction of sp³-hybridized carbons (Fsp3) is 0.471. The van der Waals surface area contributed by atoms with Gasteiger partial charge >= 0.3 is 0 Å². The monoisotopic (exact) mass is 285 g/mol. The van der Waals surface area contributed by atoms with Crippen LogP contribution in [0.4, 0.5) is 0 Å². The number of rotatable bonds is 4. The third kappa shape index (κ3) is 2.68. The highest BCUT2D eigenvalue weighted by molar-refractivity contribution is 5.39. The third-order valence-electron chi connectivity index (χ3n) is 4.45. The maximum atomic E-state index is 5.57. The summed E-state index contributed by atoms with van der Waals surface area (Å²) in [5, 5.41) is 7.38. The molecule has 112 valence electrons. The molecule has 1 aromatic carbocycles. The molecule has 0 radical (unpaired) electrons. The van der Waals surface area contributed by atoms with Crippen molar-refractivity contribution in [3.63, 3.8) is 0 Å². The van der Waals surface area contributed by atoms with Crippen LogP contribution in [0, 0.1) is 13.8 Å². The van der Waals surface area contributed by atoms with Crippen LogP contribution in [-0.2, 0) is 13.0 Å². The molecule has 1 aromatic heterocycles. The Morgan fingerprint density at radius 1 is 1.38 bits per heavy atom. The lowest BCUT2D eigenvalue weighted by Crippen LogP contribution is -2.22. The number of aromatic nitrogens is 2. The summed E-state index contributed by atoms with van der Waals surface area (Å²) in [6.45, 7) is 8.14. The van der Waals surface area contributed by atoms with Gasteiger partial charge in [-0.15, -0.1) is 0 Å². The molecule has 0 bridgehead atoms. The number of hydrogen-bond acceptors (Lipinski definition) is 3. The van der Waals surface area contributed by atoms with Gasteiger partial charge in [-0.05, 0) is 45.0 Å². The Balaban J connectivity index is 1.75. The van der Waals surface area contributed by atoms with E-state index in [0.29, 0.717) is 6.04 Å². The number of ether oxygens (including phenoxy) is 1. The van der Waals surface area contributed by atoms with Gasteiger partial charge in [0.15, 0.2) is 0 Å². The maximum absolute atomic E-state index is 5.57. The molecule has 2 aromatic rings. The SMILES string of the molecule is Cc1n[nH]c(C)c1C(C)N(C)Cc1ccc2c(c1)CCO2. The molecule has 1 N–H and O–H groups in total. The van der Waals surface area contributed by atoms with Gasteiger partial charge in [-0.1, -0.05) is 12.1 Å². The lowest BCUT2D eigenvalue weighted by atomic mass is 10.0. The summed E-state index contributed by atoms with van der Waals surface area (Å²) >= 11 is 0. The molecule has 21 heavy (non-hydrogen) atoms. The highest BCUT2D eigenvalue weighted by Crippen LogP contribution is 2.28. The van der Waals surface area contributed by atoms with Crippen LogP contribution in [0.1, 0.15) is 41.0 Å². The second-order valence-electron chi connectivity index (χ2n) is 5.98. The van der Waals surface area contributed by atoms with E-state index in [1.54, 1.807) is 0 Å². The fourth-order valence-corrected chi connectivity index (χ4v) is 3.16. The van der Waals surface area contributed by atoms with Crippen molar-refractivity contribution < 1.29 is 4.74 Å². The van der Waals surface area contributed by atoms with Crippen LogP contribution in [-0.4, -0.2) is 28.8 Å². The van der Waals surface area contributed by atoms with E-state index in [1.165, 1.54) is 16.7 Å². The number of benzene rings is 1. The summed E-state index contributed by atoms with van der Waals surface area (Å²) < 4.78 is 5.57. The third-order valence-corrected chi connectivity index (χ3v) is 4.45. The summed E-state index contributed by atoms with van der Waals surface area (Å²) in [4.78, 5) is 2.36. The van der Waals surface area contributed by atoms with Crippen LogP contribution in [0.25, 0.3) is 0 Å². The Bertz CT molecular complexity index is 628. The molecule has 4 nitrogen and oxygen atoms in total. The molecule has 0 aliphatic carbocycles. The second kappa shape index (κ2) is 5.53. The van der Waals surface area contributed by atoms with Crippen molar-refractivity contribution >= 4 is 0 Å². The number of H-pyrrole nitrogens is 1. The predicted octanol–water partition coefficient (Wildman–Crippen LogP) is 3.15. The number of aromatic amines is 1. The average Bonchev–Trinajstić information content (AvgIpc) is 3.04. The van der Waals surface area contributed by atoms with Crippen LogP contribution in [0.2, 0.25) is 0 Å². The molecule has 1 unspecified atom stereocenters. The minimum atomic E-state index is 0.341. The first-order valence-electron chi connectivity index (χ1n) is 7.52. The number of hydrogen-bond donors (Lipinski definition) is 1. The predicted molar refractivity (Wildman–Crippen MR) is 83.6 cm³/mol. The lowest BCUT2D eigenvalue weighted by Gasteiger charge is -2.25. The standard InChI is InChI=1S/C17H23N3O/c1-11-17(12(2)19-18-11)13(3)20(4)10-14-5-6-16-15(9-14)7-8-21-16/h5-6,9,13H,7-8,10H2,1-4H3,(H,18,19). The number of nitrogens with zero attached hydrogens (tertiary/aromatic N) is 2. The van der Waals surface area contributed by atoms with Crippen molar-refractivity contribution in [2.45, 2.75) is 39.8 Å². The van der Waals surface area contributed by atoms with Crippen LogP contribution in [0.5, 0.6) is 5.75 Å². The van der Waals surface area contributed by atoms with E-state index in [2.05, 4.69) is 61.1 Å². The second-order valence-corrected chi connectivity index (χ2v) is 5.98. The van der Waals surface area contributed by atoms with Gasteiger partial charge in [0.2, 0.25) is 0 Å². The molecule has 4 heteroatoms. The molecule has 1 atom stereocenters. The van der Waals surface area contributed by atoms with E-state index in [4.69, 9.17) is 4.74 Å². The molecule has 2 heterocycles. The molecular weight excluding hydrogens is 262 g/mol. The average molecular weight is 285 g/mol. The molecule has 0 spiro atoms. The molecule has 0 amide bonds. The highest BCUT2D eigenvalue weighted by Gasteiger charge is 2.19. The Kier molecular flexibility index (Phi) is 3.72.